The van der Waals surface area contributed by atoms with E-state index in [9.17, 15) is 9.00 Å². The monoisotopic (exact) mass is 305 g/mol. The Kier molecular flexibility index (Phi) is 6.18. The summed E-state index contributed by atoms with van der Waals surface area (Å²) in [6, 6.07) is 9.82. The van der Waals surface area contributed by atoms with Gasteiger partial charge in [0.05, 0.1) is 16.6 Å². The van der Waals surface area contributed by atoms with Gasteiger partial charge in [-0.25, -0.2) is 0 Å². The SMILES string of the molecule is CCCCNC(=O)C1=C(S(=O)Cc2ccccc2)CCC1. The van der Waals surface area contributed by atoms with E-state index >= 15 is 0 Å². The van der Waals surface area contributed by atoms with Crippen molar-refractivity contribution in [3.8, 4) is 0 Å². The van der Waals surface area contributed by atoms with Crippen molar-refractivity contribution in [3.05, 3.63) is 46.4 Å². The van der Waals surface area contributed by atoms with E-state index in [1.807, 2.05) is 30.3 Å². The average Bonchev–Trinajstić information content (AvgIpc) is 2.98. The largest absolute Gasteiger partial charge is 0.352 e. The van der Waals surface area contributed by atoms with Crippen molar-refractivity contribution >= 4 is 16.7 Å². The molecule has 21 heavy (non-hydrogen) atoms. The molecule has 1 atom stereocenters. The topological polar surface area (TPSA) is 46.2 Å². The van der Waals surface area contributed by atoms with Crippen molar-refractivity contribution in [2.75, 3.05) is 6.54 Å². The van der Waals surface area contributed by atoms with Gasteiger partial charge < -0.3 is 5.32 Å². The Hall–Kier alpha value is -1.42. The first-order chi connectivity index (χ1) is 10.2. The summed E-state index contributed by atoms with van der Waals surface area (Å²) in [5.41, 5.74) is 1.82. The number of amides is 1. The molecule has 0 saturated heterocycles. The first-order valence-electron chi connectivity index (χ1n) is 7.65. The lowest BCUT2D eigenvalue weighted by Gasteiger charge is -2.09. The first-order valence-corrected chi connectivity index (χ1v) is 8.96. The highest BCUT2D eigenvalue weighted by Gasteiger charge is 2.24. The Bertz CT molecular complexity index is 537. The quantitative estimate of drug-likeness (QED) is 0.786. The predicted molar refractivity (Wildman–Crippen MR) is 87.1 cm³/mol. The van der Waals surface area contributed by atoms with Gasteiger partial charge in [-0.15, -0.1) is 0 Å². The molecule has 0 heterocycles. The van der Waals surface area contributed by atoms with Crippen LogP contribution in [0.1, 0.15) is 44.6 Å². The van der Waals surface area contributed by atoms with Crippen LogP contribution in [0.5, 0.6) is 0 Å². The summed E-state index contributed by atoms with van der Waals surface area (Å²) in [6.45, 7) is 2.80. The summed E-state index contributed by atoms with van der Waals surface area (Å²) < 4.78 is 12.5. The molecule has 3 nitrogen and oxygen atoms in total. The van der Waals surface area contributed by atoms with E-state index in [2.05, 4.69) is 12.2 Å². The molecule has 1 unspecified atom stereocenters. The Balaban J connectivity index is 2.03. The Morgan fingerprint density at radius 3 is 2.71 bits per heavy atom. The molecule has 1 N–H and O–H groups in total. The van der Waals surface area contributed by atoms with Gasteiger partial charge in [0.1, 0.15) is 0 Å². The van der Waals surface area contributed by atoms with Gasteiger partial charge in [-0.1, -0.05) is 43.7 Å². The van der Waals surface area contributed by atoms with Gasteiger partial charge in [0, 0.05) is 17.0 Å². The number of carbonyl (C=O) groups excluding carboxylic acids is 1. The van der Waals surface area contributed by atoms with E-state index in [1.165, 1.54) is 0 Å². The van der Waals surface area contributed by atoms with Crippen LogP contribution in [0, 0.1) is 0 Å². The van der Waals surface area contributed by atoms with Crippen molar-refractivity contribution in [3.63, 3.8) is 0 Å². The molecule has 2 rings (SSSR count). The second-order valence-corrected chi connectivity index (χ2v) is 6.81. The van der Waals surface area contributed by atoms with Gasteiger partial charge in [0.25, 0.3) is 0 Å². The standard InChI is InChI=1S/C17H23NO2S/c1-2-3-12-18-17(19)15-10-7-11-16(15)21(20)13-14-8-5-4-6-9-14/h4-6,8-9H,2-3,7,10-13H2,1H3,(H,18,19). The molecule has 0 fully saturated rings. The van der Waals surface area contributed by atoms with E-state index in [4.69, 9.17) is 0 Å². The summed E-state index contributed by atoms with van der Waals surface area (Å²) in [5, 5.41) is 2.94. The summed E-state index contributed by atoms with van der Waals surface area (Å²) in [5.74, 6) is 0.486. The number of unbranched alkanes of at least 4 members (excludes halogenated alkanes) is 1. The number of allylic oxidation sites excluding steroid dienone is 1. The number of hydrogen-bond acceptors (Lipinski definition) is 2. The zero-order valence-electron chi connectivity index (χ0n) is 12.6. The molecular weight excluding hydrogens is 282 g/mol. The Morgan fingerprint density at radius 1 is 1.24 bits per heavy atom. The van der Waals surface area contributed by atoms with Gasteiger partial charge in [-0.05, 0) is 31.2 Å². The molecule has 4 heteroatoms. The van der Waals surface area contributed by atoms with Crippen molar-refractivity contribution < 1.29 is 9.00 Å². The fourth-order valence-corrected chi connectivity index (χ4v) is 4.02. The first kappa shape index (κ1) is 16.0. The van der Waals surface area contributed by atoms with Crippen LogP contribution in [0.25, 0.3) is 0 Å². The van der Waals surface area contributed by atoms with Crippen LogP contribution in [0.15, 0.2) is 40.8 Å². The van der Waals surface area contributed by atoms with Crippen LogP contribution >= 0.6 is 0 Å². The van der Waals surface area contributed by atoms with Crippen LogP contribution in [-0.4, -0.2) is 16.7 Å². The fourth-order valence-electron chi connectivity index (χ4n) is 2.51. The maximum absolute atomic E-state index is 12.5. The molecule has 0 saturated carbocycles. The van der Waals surface area contributed by atoms with Gasteiger partial charge >= 0.3 is 0 Å². The van der Waals surface area contributed by atoms with Crippen LogP contribution < -0.4 is 5.32 Å². The lowest BCUT2D eigenvalue weighted by Crippen LogP contribution is -2.26. The molecule has 1 aromatic rings. The lowest BCUT2D eigenvalue weighted by molar-refractivity contribution is -0.117. The lowest BCUT2D eigenvalue weighted by atomic mass is 10.2. The highest BCUT2D eigenvalue weighted by atomic mass is 32.2. The second-order valence-electron chi connectivity index (χ2n) is 5.34. The smallest absolute Gasteiger partial charge is 0.248 e. The Morgan fingerprint density at radius 2 is 2.00 bits per heavy atom. The molecular formula is C17H23NO2S. The van der Waals surface area contributed by atoms with Crippen molar-refractivity contribution in [2.24, 2.45) is 0 Å². The van der Waals surface area contributed by atoms with Crippen LogP contribution in [0.3, 0.4) is 0 Å². The summed E-state index contributed by atoms with van der Waals surface area (Å²) in [7, 11) is -1.09. The zero-order valence-corrected chi connectivity index (χ0v) is 13.4. The van der Waals surface area contributed by atoms with E-state index < -0.39 is 10.8 Å². The molecule has 0 bridgehead atoms. The van der Waals surface area contributed by atoms with E-state index in [1.54, 1.807) is 0 Å². The van der Waals surface area contributed by atoms with E-state index in [-0.39, 0.29) is 5.91 Å². The molecule has 1 aromatic carbocycles. The third-order valence-corrected chi connectivity index (χ3v) is 5.27. The minimum absolute atomic E-state index is 0.0163. The van der Waals surface area contributed by atoms with Gasteiger partial charge in [-0.3, -0.25) is 9.00 Å². The number of hydrogen-bond donors (Lipinski definition) is 1. The molecule has 0 aromatic heterocycles. The predicted octanol–water partition coefficient (Wildman–Crippen LogP) is 3.29. The third kappa shape index (κ3) is 4.53. The van der Waals surface area contributed by atoms with Crippen LogP contribution in [0.4, 0.5) is 0 Å². The zero-order chi connectivity index (χ0) is 15.1. The molecule has 0 aliphatic heterocycles. The summed E-state index contributed by atoms with van der Waals surface area (Å²) in [6.07, 6.45) is 4.53. The van der Waals surface area contributed by atoms with Gasteiger partial charge in [0.2, 0.25) is 5.91 Å². The normalized spacial score (nSPS) is 16.0. The highest BCUT2D eigenvalue weighted by molar-refractivity contribution is 7.88. The number of carbonyl (C=O) groups is 1. The molecule has 114 valence electrons. The molecule has 1 amide bonds. The van der Waals surface area contributed by atoms with Gasteiger partial charge in [-0.2, -0.15) is 0 Å². The average molecular weight is 305 g/mol. The van der Waals surface area contributed by atoms with Crippen molar-refractivity contribution in [1.82, 2.24) is 5.32 Å². The van der Waals surface area contributed by atoms with Crippen molar-refractivity contribution in [1.29, 1.82) is 0 Å². The molecule has 0 spiro atoms. The maximum atomic E-state index is 12.5. The Labute approximate surface area is 129 Å². The fraction of sp³-hybridized carbons (Fsp3) is 0.471. The number of benzene rings is 1. The molecule has 1 aliphatic carbocycles. The summed E-state index contributed by atoms with van der Waals surface area (Å²) in [4.78, 5) is 13.0. The number of nitrogens with one attached hydrogen (secondary N) is 1. The van der Waals surface area contributed by atoms with Crippen LogP contribution in [-0.2, 0) is 21.3 Å². The molecule has 1 aliphatic rings. The van der Waals surface area contributed by atoms with Crippen molar-refractivity contribution in [2.45, 2.75) is 44.8 Å². The van der Waals surface area contributed by atoms with Crippen LogP contribution in [0.2, 0.25) is 0 Å². The second kappa shape index (κ2) is 8.13. The van der Waals surface area contributed by atoms with E-state index in [0.29, 0.717) is 12.3 Å². The van der Waals surface area contributed by atoms with E-state index in [0.717, 1.165) is 48.1 Å². The minimum atomic E-state index is -1.09. The molecule has 0 radical (unpaired) electrons. The maximum Gasteiger partial charge on any atom is 0.248 e. The summed E-state index contributed by atoms with van der Waals surface area (Å²) >= 11 is 0. The number of rotatable bonds is 7. The third-order valence-electron chi connectivity index (χ3n) is 3.67. The minimum Gasteiger partial charge on any atom is -0.352 e. The van der Waals surface area contributed by atoms with Gasteiger partial charge in [0.15, 0.2) is 0 Å². The highest BCUT2D eigenvalue weighted by Crippen LogP contribution is 2.30.